The quantitative estimate of drug-likeness (QED) is 0.542. The molecule has 0 fully saturated rings. The highest BCUT2D eigenvalue weighted by molar-refractivity contribution is 5.14. The van der Waals surface area contributed by atoms with E-state index in [-0.39, 0.29) is 0 Å². The summed E-state index contributed by atoms with van der Waals surface area (Å²) in [6, 6.07) is 3.69. The van der Waals surface area contributed by atoms with E-state index >= 15 is 0 Å². The predicted molar refractivity (Wildman–Crippen MR) is 40.7 cm³/mol. The van der Waals surface area contributed by atoms with Crippen LogP contribution in [0.15, 0.2) is 24.5 Å². The molecule has 2 nitrogen and oxygen atoms in total. The molecule has 0 unspecified atom stereocenters. The van der Waals surface area contributed by atoms with Crippen molar-refractivity contribution in [2.24, 2.45) is 0 Å². The van der Waals surface area contributed by atoms with Crippen molar-refractivity contribution >= 4 is 0 Å². The van der Waals surface area contributed by atoms with Gasteiger partial charge >= 0.3 is 0 Å². The molecule has 1 aromatic heterocycles. The number of terminal acetylenes is 1. The second-order valence-corrected chi connectivity index (χ2v) is 1.39. The molecule has 0 amide bonds. The first-order valence-electron chi connectivity index (χ1n) is 2.71. The minimum Gasteiger partial charge on any atom is -0.495 e. The normalized spacial score (nSPS) is 7.10. The van der Waals surface area contributed by atoms with Crippen LogP contribution >= 0.6 is 0 Å². The highest BCUT2D eigenvalue weighted by atomic mass is 16.5. The van der Waals surface area contributed by atoms with Crippen molar-refractivity contribution in [3.05, 3.63) is 24.5 Å². The largest absolute Gasteiger partial charge is 0.495 e. The van der Waals surface area contributed by atoms with E-state index in [1.807, 2.05) is 12.1 Å². The van der Waals surface area contributed by atoms with Gasteiger partial charge in [-0.15, -0.1) is 12.8 Å². The van der Waals surface area contributed by atoms with Crippen LogP contribution in [0.3, 0.4) is 0 Å². The second-order valence-electron chi connectivity index (χ2n) is 1.39. The molecule has 0 saturated carbocycles. The first-order chi connectivity index (χ1) is 4.93. The Morgan fingerprint density at radius 1 is 1.50 bits per heavy atom. The predicted octanol–water partition coefficient (Wildman–Crippen LogP) is 1.34. The maximum atomic E-state index is 4.85. The topological polar surface area (TPSA) is 22.1 Å². The molecule has 2 heteroatoms. The summed E-state index contributed by atoms with van der Waals surface area (Å²) in [4.78, 5) is 3.83. The van der Waals surface area contributed by atoms with E-state index in [9.17, 15) is 0 Å². The van der Waals surface area contributed by atoms with Crippen LogP contribution in [-0.4, -0.2) is 12.1 Å². The summed E-state index contributed by atoms with van der Waals surface area (Å²) < 4.78 is 4.85. The van der Waals surface area contributed by atoms with Crippen LogP contribution in [0.4, 0.5) is 0 Å². The van der Waals surface area contributed by atoms with Gasteiger partial charge in [-0.1, -0.05) is 0 Å². The van der Waals surface area contributed by atoms with E-state index in [4.69, 9.17) is 4.74 Å². The standard InChI is InChI=1S/C6H7NO.C2H2/c1-8-6-3-2-4-7-5-6;1-2/h2-5H,1H3;1-2H. The molecule has 52 valence electrons. The van der Waals surface area contributed by atoms with Gasteiger partial charge in [-0.3, -0.25) is 4.98 Å². The number of rotatable bonds is 1. The molecular weight excluding hydrogens is 126 g/mol. The number of ether oxygens (including phenoxy) is 1. The minimum absolute atomic E-state index is 0.799. The van der Waals surface area contributed by atoms with Gasteiger partial charge in [0.15, 0.2) is 0 Å². The highest BCUT2D eigenvalue weighted by Gasteiger charge is 1.81. The molecule has 0 aliphatic rings. The molecule has 1 heterocycles. The van der Waals surface area contributed by atoms with Gasteiger partial charge in [0.05, 0.1) is 13.3 Å². The van der Waals surface area contributed by atoms with Crippen molar-refractivity contribution in [1.29, 1.82) is 0 Å². The highest BCUT2D eigenvalue weighted by Crippen LogP contribution is 2.02. The Labute approximate surface area is 60.9 Å². The lowest BCUT2D eigenvalue weighted by Crippen LogP contribution is -1.80. The number of hydrogen-bond donors (Lipinski definition) is 0. The monoisotopic (exact) mass is 135 g/mol. The van der Waals surface area contributed by atoms with Gasteiger partial charge in [-0.05, 0) is 12.1 Å². The molecular formula is C8H9NO. The third-order valence-corrected chi connectivity index (χ3v) is 0.870. The summed E-state index contributed by atoms with van der Waals surface area (Å²) in [6.07, 6.45) is 11.4. The molecule has 10 heavy (non-hydrogen) atoms. The van der Waals surface area contributed by atoms with E-state index in [0.717, 1.165) is 5.75 Å². The zero-order valence-corrected chi connectivity index (χ0v) is 5.82. The maximum Gasteiger partial charge on any atom is 0.137 e. The Balaban J connectivity index is 0.000000371. The van der Waals surface area contributed by atoms with Gasteiger partial charge in [0, 0.05) is 6.20 Å². The molecule has 0 atom stereocenters. The molecule has 0 radical (unpaired) electrons. The Hall–Kier alpha value is -1.49. The molecule has 0 bridgehead atoms. The van der Waals surface area contributed by atoms with Crippen molar-refractivity contribution in [3.63, 3.8) is 0 Å². The van der Waals surface area contributed by atoms with Gasteiger partial charge < -0.3 is 4.74 Å². The number of nitrogens with zero attached hydrogens (tertiary/aromatic N) is 1. The molecule has 1 aromatic rings. The summed E-state index contributed by atoms with van der Waals surface area (Å²) in [5.74, 6) is 0.799. The number of aromatic nitrogens is 1. The third kappa shape index (κ3) is 2.73. The third-order valence-electron chi connectivity index (χ3n) is 0.870. The lowest BCUT2D eigenvalue weighted by atomic mass is 10.5. The first-order valence-corrected chi connectivity index (χ1v) is 2.71. The van der Waals surface area contributed by atoms with Gasteiger partial charge in [0.2, 0.25) is 0 Å². The molecule has 0 aliphatic carbocycles. The number of methoxy groups -OCH3 is 1. The van der Waals surface area contributed by atoms with Crippen molar-refractivity contribution < 1.29 is 4.74 Å². The van der Waals surface area contributed by atoms with Crippen LogP contribution < -0.4 is 4.74 Å². The average Bonchev–Trinajstić information content (AvgIpc) is 2.10. The SMILES string of the molecule is C#C.COc1cccnc1. The molecule has 0 aliphatic heterocycles. The second kappa shape index (κ2) is 5.64. The van der Waals surface area contributed by atoms with Gasteiger partial charge in [-0.25, -0.2) is 0 Å². The number of hydrogen-bond acceptors (Lipinski definition) is 2. The summed E-state index contributed by atoms with van der Waals surface area (Å²) in [6.45, 7) is 0. The zero-order chi connectivity index (χ0) is 7.82. The Morgan fingerprint density at radius 2 is 2.20 bits per heavy atom. The van der Waals surface area contributed by atoms with Gasteiger partial charge in [0.1, 0.15) is 5.75 Å². The molecule has 0 N–H and O–H groups in total. The first kappa shape index (κ1) is 8.51. The zero-order valence-electron chi connectivity index (χ0n) is 5.82. The van der Waals surface area contributed by atoms with Crippen LogP contribution in [0.5, 0.6) is 5.75 Å². The Bertz CT molecular complexity index is 181. The fraction of sp³-hybridized carbons (Fsp3) is 0.125. The van der Waals surface area contributed by atoms with Crippen LogP contribution in [0.1, 0.15) is 0 Å². The summed E-state index contributed by atoms with van der Waals surface area (Å²) >= 11 is 0. The lowest BCUT2D eigenvalue weighted by molar-refractivity contribution is 0.413. The Kier molecular flexibility index (Phi) is 4.80. The van der Waals surface area contributed by atoms with E-state index < -0.39 is 0 Å². The summed E-state index contributed by atoms with van der Waals surface area (Å²) in [5.41, 5.74) is 0. The van der Waals surface area contributed by atoms with E-state index in [1.165, 1.54) is 0 Å². The fourth-order valence-electron chi connectivity index (χ4n) is 0.468. The molecule has 0 saturated heterocycles. The molecule has 0 spiro atoms. The van der Waals surface area contributed by atoms with Crippen molar-refractivity contribution in [3.8, 4) is 18.6 Å². The van der Waals surface area contributed by atoms with Crippen molar-refractivity contribution in [1.82, 2.24) is 4.98 Å². The van der Waals surface area contributed by atoms with Crippen molar-refractivity contribution in [2.45, 2.75) is 0 Å². The van der Waals surface area contributed by atoms with E-state index in [0.29, 0.717) is 0 Å². The fourth-order valence-corrected chi connectivity index (χ4v) is 0.468. The van der Waals surface area contributed by atoms with E-state index in [2.05, 4.69) is 17.8 Å². The smallest absolute Gasteiger partial charge is 0.137 e. The van der Waals surface area contributed by atoms with Crippen LogP contribution in [-0.2, 0) is 0 Å². The van der Waals surface area contributed by atoms with Crippen LogP contribution in [0.2, 0.25) is 0 Å². The van der Waals surface area contributed by atoms with Crippen molar-refractivity contribution in [2.75, 3.05) is 7.11 Å². The maximum absolute atomic E-state index is 4.85. The average molecular weight is 135 g/mol. The summed E-state index contributed by atoms with van der Waals surface area (Å²) in [7, 11) is 1.62. The van der Waals surface area contributed by atoms with E-state index in [1.54, 1.807) is 19.5 Å². The van der Waals surface area contributed by atoms with Gasteiger partial charge in [-0.2, -0.15) is 0 Å². The number of pyridine rings is 1. The van der Waals surface area contributed by atoms with Gasteiger partial charge in [0.25, 0.3) is 0 Å². The van der Waals surface area contributed by atoms with Crippen LogP contribution in [0, 0.1) is 12.8 Å². The Morgan fingerprint density at radius 3 is 2.50 bits per heavy atom. The lowest BCUT2D eigenvalue weighted by Gasteiger charge is -1.93. The summed E-state index contributed by atoms with van der Waals surface area (Å²) in [5, 5.41) is 0. The van der Waals surface area contributed by atoms with Crippen LogP contribution in [0.25, 0.3) is 0 Å². The molecule has 0 aromatic carbocycles. The molecule has 1 rings (SSSR count). The minimum atomic E-state index is 0.799.